The summed E-state index contributed by atoms with van der Waals surface area (Å²) in [6.07, 6.45) is 1.89. The highest BCUT2D eigenvalue weighted by molar-refractivity contribution is 9.10. The van der Waals surface area contributed by atoms with Crippen LogP contribution in [0, 0.1) is 6.92 Å². The fourth-order valence-electron chi connectivity index (χ4n) is 3.26. The maximum absolute atomic E-state index is 11.1. The van der Waals surface area contributed by atoms with Crippen molar-refractivity contribution in [2.75, 3.05) is 6.61 Å². The van der Waals surface area contributed by atoms with Crippen molar-refractivity contribution in [1.82, 2.24) is 0 Å². The van der Waals surface area contributed by atoms with Gasteiger partial charge in [-0.15, -0.1) is 11.3 Å². The number of carbonyl (C=O) groups is 1. The van der Waals surface area contributed by atoms with Crippen LogP contribution in [0.1, 0.15) is 54.2 Å². The summed E-state index contributed by atoms with van der Waals surface area (Å²) >= 11 is 5.39. The number of thiophene rings is 1. The van der Waals surface area contributed by atoms with Crippen LogP contribution in [0.2, 0.25) is 0 Å². The summed E-state index contributed by atoms with van der Waals surface area (Å²) in [6, 6.07) is 4.20. The SMILES string of the molecule is CCCC1COC(CC(=O)O)c2sc3c(C)ccc(Br)c3c21. The van der Waals surface area contributed by atoms with Gasteiger partial charge in [-0.3, -0.25) is 4.79 Å². The molecule has 0 amide bonds. The van der Waals surface area contributed by atoms with Crippen molar-refractivity contribution < 1.29 is 14.6 Å². The van der Waals surface area contributed by atoms with Crippen molar-refractivity contribution in [2.45, 2.75) is 45.1 Å². The van der Waals surface area contributed by atoms with Crippen molar-refractivity contribution in [2.24, 2.45) is 0 Å². The molecule has 118 valence electrons. The Bertz CT molecular complexity index is 722. The number of benzene rings is 1. The molecule has 0 saturated heterocycles. The summed E-state index contributed by atoms with van der Waals surface area (Å²) < 4.78 is 8.25. The van der Waals surface area contributed by atoms with Gasteiger partial charge in [-0.25, -0.2) is 0 Å². The number of aryl methyl sites for hydroxylation is 1. The van der Waals surface area contributed by atoms with Gasteiger partial charge in [0.25, 0.3) is 0 Å². The third-order valence-corrected chi connectivity index (χ3v) is 6.34. The summed E-state index contributed by atoms with van der Waals surface area (Å²) in [5.41, 5.74) is 2.55. The summed E-state index contributed by atoms with van der Waals surface area (Å²) in [5.74, 6) is -0.449. The molecule has 22 heavy (non-hydrogen) atoms. The molecule has 0 bridgehead atoms. The Morgan fingerprint density at radius 3 is 2.95 bits per heavy atom. The highest BCUT2D eigenvalue weighted by Gasteiger charge is 2.33. The number of fused-ring (bicyclic) bond motifs is 3. The average Bonchev–Trinajstić information content (AvgIpc) is 2.87. The maximum atomic E-state index is 11.1. The predicted molar refractivity (Wildman–Crippen MR) is 92.9 cm³/mol. The minimum absolute atomic E-state index is 0.0370. The quantitative estimate of drug-likeness (QED) is 0.769. The van der Waals surface area contributed by atoms with E-state index in [1.807, 2.05) is 0 Å². The van der Waals surface area contributed by atoms with Crippen LogP contribution < -0.4 is 0 Å². The summed E-state index contributed by atoms with van der Waals surface area (Å²) in [7, 11) is 0. The van der Waals surface area contributed by atoms with Crippen molar-refractivity contribution in [3.8, 4) is 0 Å². The van der Waals surface area contributed by atoms with E-state index in [4.69, 9.17) is 9.84 Å². The van der Waals surface area contributed by atoms with E-state index in [1.54, 1.807) is 11.3 Å². The van der Waals surface area contributed by atoms with E-state index in [0.29, 0.717) is 12.5 Å². The molecule has 1 aliphatic heterocycles. The smallest absolute Gasteiger partial charge is 0.306 e. The lowest BCUT2D eigenvalue weighted by Crippen LogP contribution is -2.21. The molecule has 2 atom stereocenters. The van der Waals surface area contributed by atoms with Crippen LogP contribution >= 0.6 is 27.3 Å². The second kappa shape index (κ2) is 6.30. The van der Waals surface area contributed by atoms with E-state index in [1.165, 1.54) is 21.2 Å². The lowest BCUT2D eigenvalue weighted by atomic mass is 9.88. The van der Waals surface area contributed by atoms with Crippen LogP contribution in [0.3, 0.4) is 0 Å². The van der Waals surface area contributed by atoms with Gasteiger partial charge in [0.1, 0.15) is 6.10 Å². The van der Waals surface area contributed by atoms with E-state index >= 15 is 0 Å². The molecule has 1 aliphatic rings. The first kappa shape index (κ1) is 16.0. The average molecular weight is 383 g/mol. The van der Waals surface area contributed by atoms with Gasteiger partial charge in [-0.05, 0) is 30.5 Å². The van der Waals surface area contributed by atoms with Crippen molar-refractivity contribution in [3.05, 3.63) is 32.6 Å². The molecule has 1 aromatic carbocycles. The van der Waals surface area contributed by atoms with Gasteiger partial charge in [0, 0.05) is 25.4 Å². The van der Waals surface area contributed by atoms with Crippen molar-refractivity contribution in [1.29, 1.82) is 0 Å². The highest BCUT2D eigenvalue weighted by Crippen LogP contribution is 2.49. The number of carboxylic acid groups (broad SMARTS) is 1. The Morgan fingerprint density at radius 1 is 1.50 bits per heavy atom. The summed E-state index contributed by atoms with van der Waals surface area (Å²) in [5, 5.41) is 10.4. The van der Waals surface area contributed by atoms with E-state index in [0.717, 1.165) is 22.2 Å². The van der Waals surface area contributed by atoms with Gasteiger partial charge in [-0.2, -0.15) is 0 Å². The monoisotopic (exact) mass is 382 g/mol. The molecule has 3 rings (SSSR count). The minimum atomic E-state index is -0.807. The third-order valence-electron chi connectivity index (χ3n) is 4.25. The first-order valence-corrected chi connectivity index (χ1v) is 9.18. The molecule has 0 fully saturated rings. The lowest BCUT2D eigenvalue weighted by Gasteiger charge is -2.29. The van der Waals surface area contributed by atoms with Crippen LogP contribution in [0.5, 0.6) is 0 Å². The zero-order valence-electron chi connectivity index (χ0n) is 12.7. The number of carboxylic acids is 1. The number of rotatable bonds is 4. The number of hydrogen-bond acceptors (Lipinski definition) is 3. The number of halogens is 1. The van der Waals surface area contributed by atoms with Crippen LogP contribution in [0.4, 0.5) is 0 Å². The van der Waals surface area contributed by atoms with E-state index < -0.39 is 5.97 Å². The first-order chi connectivity index (χ1) is 10.5. The molecule has 0 radical (unpaired) electrons. The number of aliphatic carboxylic acids is 1. The van der Waals surface area contributed by atoms with Crippen LogP contribution in [-0.2, 0) is 9.53 Å². The molecule has 1 aromatic heterocycles. The van der Waals surface area contributed by atoms with Crippen molar-refractivity contribution >= 4 is 43.3 Å². The third kappa shape index (κ3) is 2.70. The lowest BCUT2D eigenvalue weighted by molar-refractivity contribution is -0.140. The van der Waals surface area contributed by atoms with E-state index in [-0.39, 0.29) is 12.5 Å². The van der Waals surface area contributed by atoms with Gasteiger partial charge >= 0.3 is 5.97 Å². The molecule has 0 spiro atoms. The summed E-state index contributed by atoms with van der Waals surface area (Å²) in [4.78, 5) is 12.3. The zero-order chi connectivity index (χ0) is 15.9. The minimum Gasteiger partial charge on any atom is -0.481 e. The molecular formula is C17H19BrO3S. The van der Waals surface area contributed by atoms with E-state index in [2.05, 4.69) is 41.9 Å². The van der Waals surface area contributed by atoms with Gasteiger partial charge in [0.2, 0.25) is 0 Å². The number of ether oxygens (including phenoxy) is 1. The van der Waals surface area contributed by atoms with Gasteiger partial charge < -0.3 is 9.84 Å². The molecule has 1 N–H and O–H groups in total. The Kier molecular flexibility index (Phi) is 4.57. The topological polar surface area (TPSA) is 46.5 Å². The molecule has 2 heterocycles. The largest absolute Gasteiger partial charge is 0.481 e. The highest BCUT2D eigenvalue weighted by atomic mass is 79.9. The van der Waals surface area contributed by atoms with Crippen LogP contribution in [0.25, 0.3) is 10.1 Å². The fraction of sp³-hybridized carbons (Fsp3) is 0.471. The Hall–Kier alpha value is -0.910. The first-order valence-electron chi connectivity index (χ1n) is 7.57. The molecular weight excluding hydrogens is 364 g/mol. The molecule has 0 saturated carbocycles. The van der Waals surface area contributed by atoms with Gasteiger partial charge in [0.15, 0.2) is 0 Å². The van der Waals surface area contributed by atoms with Gasteiger partial charge in [0.05, 0.1) is 13.0 Å². The number of hydrogen-bond donors (Lipinski definition) is 1. The molecule has 2 aromatic rings. The fourth-order valence-corrected chi connectivity index (χ4v) is 5.36. The molecule has 5 heteroatoms. The second-order valence-electron chi connectivity index (χ2n) is 5.85. The molecule has 2 unspecified atom stereocenters. The Morgan fingerprint density at radius 2 is 2.27 bits per heavy atom. The van der Waals surface area contributed by atoms with E-state index in [9.17, 15) is 4.79 Å². The Balaban J connectivity index is 2.21. The van der Waals surface area contributed by atoms with Crippen LogP contribution in [-0.4, -0.2) is 17.7 Å². The normalized spacial score (nSPS) is 21.0. The maximum Gasteiger partial charge on any atom is 0.306 e. The van der Waals surface area contributed by atoms with Crippen LogP contribution in [0.15, 0.2) is 16.6 Å². The Labute approximate surface area is 142 Å². The molecule has 0 aliphatic carbocycles. The zero-order valence-corrected chi connectivity index (χ0v) is 15.1. The standard InChI is InChI=1S/C17H19BrO3S/c1-3-4-10-8-21-12(7-13(19)20)17-14(10)15-11(18)6-5-9(2)16(15)22-17/h5-6,10,12H,3-4,7-8H2,1-2H3,(H,19,20). The van der Waals surface area contributed by atoms with Gasteiger partial charge in [-0.1, -0.05) is 35.3 Å². The molecule has 3 nitrogen and oxygen atoms in total. The summed E-state index contributed by atoms with van der Waals surface area (Å²) in [6.45, 7) is 4.90. The predicted octanol–water partition coefficient (Wildman–Crippen LogP) is 5.40. The second-order valence-corrected chi connectivity index (χ2v) is 7.76. The van der Waals surface area contributed by atoms with Crippen molar-refractivity contribution in [3.63, 3.8) is 0 Å².